The average molecular weight is 475 g/mol. The Morgan fingerprint density at radius 1 is 1.21 bits per heavy atom. The van der Waals surface area contributed by atoms with Gasteiger partial charge in [0.25, 0.3) is 0 Å². The Balaban J connectivity index is 2.35. The molecule has 33 heavy (non-hydrogen) atoms. The molecule has 0 amide bonds. The summed E-state index contributed by atoms with van der Waals surface area (Å²) in [5.74, 6) is 4.64. The highest BCUT2D eigenvalue weighted by Gasteiger charge is 2.36. The SMILES string of the molecule is C=C(C)C#C[C@H](CCCC(F)(F)F)N1CC[C@@H](CC(=O)O)C[C@H]1c1ccc(C(F)(F)F)cc1. The quantitative estimate of drug-likeness (QED) is 0.356. The van der Waals surface area contributed by atoms with Crippen LogP contribution in [-0.2, 0) is 11.0 Å². The molecule has 1 fully saturated rings. The number of halogens is 6. The maximum atomic E-state index is 13.0. The predicted molar refractivity (Wildman–Crippen MR) is 112 cm³/mol. The minimum atomic E-state index is -4.50. The van der Waals surface area contributed by atoms with Crippen molar-refractivity contribution in [2.45, 2.75) is 69.9 Å². The summed E-state index contributed by atoms with van der Waals surface area (Å²) < 4.78 is 77.1. The van der Waals surface area contributed by atoms with E-state index in [2.05, 4.69) is 18.4 Å². The Labute approximate surface area is 189 Å². The summed E-state index contributed by atoms with van der Waals surface area (Å²) in [7, 11) is 0. The molecule has 0 unspecified atom stereocenters. The van der Waals surface area contributed by atoms with Crippen molar-refractivity contribution in [1.29, 1.82) is 0 Å². The lowest BCUT2D eigenvalue weighted by Crippen LogP contribution is -2.43. The molecule has 1 aromatic carbocycles. The van der Waals surface area contributed by atoms with Gasteiger partial charge < -0.3 is 5.11 Å². The summed E-state index contributed by atoms with van der Waals surface area (Å²) in [6.07, 6.45) is -8.98. The molecule has 0 aliphatic carbocycles. The van der Waals surface area contributed by atoms with Gasteiger partial charge in [-0.25, -0.2) is 0 Å². The van der Waals surface area contributed by atoms with Crippen LogP contribution in [-0.4, -0.2) is 34.7 Å². The van der Waals surface area contributed by atoms with Gasteiger partial charge in [0, 0.05) is 25.4 Å². The minimum absolute atomic E-state index is 0.0822. The molecule has 1 N–H and O–H groups in total. The molecular weight excluding hydrogens is 448 g/mol. The maximum Gasteiger partial charge on any atom is 0.416 e. The van der Waals surface area contributed by atoms with E-state index in [1.807, 2.05) is 4.90 Å². The van der Waals surface area contributed by atoms with Crippen molar-refractivity contribution in [3.8, 4) is 11.8 Å². The first-order chi connectivity index (χ1) is 15.3. The van der Waals surface area contributed by atoms with Crippen molar-refractivity contribution in [2.75, 3.05) is 6.54 Å². The van der Waals surface area contributed by atoms with E-state index in [0.717, 1.165) is 12.1 Å². The summed E-state index contributed by atoms with van der Waals surface area (Å²) in [5.41, 5.74) is 0.290. The van der Waals surface area contributed by atoms with Gasteiger partial charge in [-0.15, -0.1) is 0 Å². The number of aliphatic carboxylic acids is 1. The lowest BCUT2D eigenvalue weighted by molar-refractivity contribution is -0.139. The van der Waals surface area contributed by atoms with Gasteiger partial charge in [0.05, 0.1) is 11.6 Å². The van der Waals surface area contributed by atoms with Gasteiger partial charge in [0.2, 0.25) is 0 Å². The monoisotopic (exact) mass is 475 g/mol. The fraction of sp³-hybridized carbons (Fsp3) is 0.542. The summed E-state index contributed by atoms with van der Waals surface area (Å²) in [6.45, 7) is 5.76. The van der Waals surface area contributed by atoms with Crippen LogP contribution in [0, 0.1) is 17.8 Å². The van der Waals surface area contributed by atoms with Gasteiger partial charge >= 0.3 is 18.3 Å². The molecule has 1 heterocycles. The summed E-state index contributed by atoms with van der Waals surface area (Å²) in [6, 6.07) is 3.60. The smallest absolute Gasteiger partial charge is 0.416 e. The average Bonchev–Trinajstić information content (AvgIpc) is 2.69. The van der Waals surface area contributed by atoms with E-state index < -0.39 is 42.4 Å². The Morgan fingerprint density at radius 2 is 1.85 bits per heavy atom. The second-order valence-corrected chi connectivity index (χ2v) is 8.43. The van der Waals surface area contributed by atoms with Gasteiger partial charge in [-0.05, 0) is 61.8 Å². The van der Waals surface area contributed by atoms with Crippen molar-refractivity contribution in [2.24, 2.45) is 5.92 Å². The second-order valence-electron chi connectivity index (χ2n) is 8.43. The molecule has 3 atom stereocenters. The fourth-order valence-electron chi connectivity index (χ4n) is 4.11. The van der Waals surface area contributed by atoms with Crippen molar-refractivity contribution in [1.82, 2.24) is 4.90 Å². The topological polar surface area (TPSA) is 40.5 Å². The number of nitrogens with zero attached hydrogens (tertiary/aromatic N) is 1. The summed E-state index contributed by atoms with van der Waals surface area (Å²) in [5, 5.41) is 9.18. The number of rotatable bonds is 7. The molecule has 0 saturated carbocycles. The number of allylic oxidation sites excluding steroid dienone is 1. The van der Waals surface area contributed by atoms with Crippen molar-refractivity contribution >= 4 is 5.97 Å². The third-order valence-corrected chi connectivity index (χ3v) is 5.63. The normalized spacial score (nSPS) is 20.6. The molecule has 2 rings (SSSR count). The Kier molecular flexibility index (Phi) is 9.01. The van der Waals surface area contributed by atoms with Crippen LogP contribution >= 0.6 is 0 Å². The molecule has 0 bridgehead atoms. The third kappa shape index (κ3) is 8.77. The lowest BCUT2D eigenvalue weighted by atomic mass is 9.83. The van der Waals surface area contributed by atoms with Crippen LogP contribution < -0.4 is 0 Å². The second kappa shape index (κ2) is 11.1. The van der Waals surface area contributed by atoms with Crippen molar-refractivity contribution < 1.29 is 36.2 Å². The van der Waals surface area contributed by atoms with Crippen molar-refractivity contribution in [3.63, 3.8) is 0 Å². The molecule has 9 heteroatoms. The van der Waals surface area contributed by atoms with Gasteiger partial charge in [0.15, 0.2) is 0 Å². The highest BCUT2D eigenvalue weighted by Crippen LogP contribution is 2.39. The number of likely N-dealkylation sites (tertiary alicyclic amines) is 1. The Bertz CT molecular complexity index is 879. The number of benzene rings is 1. The standard InChI is InChI=1S/C24H27F6NO2/c1-16(2)5-10-20(4-3-12-23(25,26)27)31-13-11-17(15-22(32)33)14-21(31)18-6-8-19(9-7-18)24(28,29)30/h6-9,17,20-21H,1,3-4,11-15H2,2H3,(H,32,33)/t17-,20+,21+/m1/s1. The summed E-state index contributed by atoms with van der Waals surface area (Å²) in [4.78, 5) is 13.1. The van der Waals surface area contributed by atoms with Gasteiger partial charge in [-0.1, -0.05) is 30.6 Å². The molecule has 1 saturated heterocycles. The number of carboxylic acid groups (broad SMARTS) is 1. The van der Waals surface area contributed by atoms with Crippen molar-refractivity contribution in [3.05, 3.63) is 47.5 Å². The van der Waals surface area contributed by atoms with Crippen LogP contribution in [0.1, 0.15) is 62.6 Å². The zero-order chi connectivity index (χ0) is 24.8. The van der Waals surface area contributed by atoms with Gasteiger partial charge in [-0.2, -0.15) is 26.3 Å². The highest BCUT2D eigenvalue weighted by molar-refractivity contribution is 5.67. The third-order valence-electron chi connectivity index (χ3n) is 5.63. The number of hydrogen-bond acceptors (Lipinski definition) is 2. The van der Waals surface area contributed by atoms with Crippen LogP contribution in [0.25, 0.3) is 0 Å². The van der Waals surface area contributed by atoms with E-state index in [0.29, 0.717) is 30.5 Å². The predicted octanol–water partition coefficient (Wildman–Crippen LogP) is 6.61. The van der Waals surface area contributed by atoms with Gasteiger partial charge in [0.1, 0.15) is 0 Å². The molecule has 0 aromatic heterocycles. The number of carboxylic acids is 1. The molecule has 1 aromatic rings. The van der Waals surface area contributed by atoms with E-state index >= 15 is 0 Å². The zero-order valence-electron chi connectivity index (χ0n) is 18.3. The van der Waals surface area contributed by atoms with E-state index in [1.54, 1.807) is 6.92 Å². The molecule has 1 aliphatic heterocycles. The first kappa shape index (κ1) is 26.8. The van der Waals surface area contributed by atoms with Crippen LogP contribution in [0.3, 0.4) is 0 Å². The van der Waals surface area contributed by atoms with Crippen LogP contribution in [0.2, 0.25) is 0 Å². The molecule has 0 spiro atoms. The lowest BCUT2D eigenvalue weighted by Gasteiger charge is -2.42. The van der Waals surface area contributed by atoms with E-state index in [1.165, 1.54) is 12.1 Å². The van der Waals surface area contributed by atoms with Crippen LogP contribution in [0.15, 0.2) is 36.4 Å². The number of alkyl halides is 6. The molecule has 1 aliphatic rings. The highest BCUT2D eigenvalue weighted by atomic mass is 19.4. The number of piperidine rings is 1. The first-order valence-electron chi connectivity index (χ1n) is 10.6. The molecule has 0 radical (unpaired) electrons. The van der Waals surface area contributed by atoms with E-state index in [9.17, 15) is 36.2 Å². The maximum absolute atomic E-state index is 13.0. The molecule has 182 valence electrons. The largest absolute Gasteiger partial charge is 0.481 e. The number of hydrogen-bond donors (Lipinski definition) is 1. The molecular formula is C24H27F6NO2. The fourth-order valence-corrected chi connectivity index (χ4v) is 4.11. The molecule has 3 nitrogen and oxygen atoms in total. The first-order valence-corrected chi connectivity index (χ1v) is 10.6. The summed E-state index contributed by atoms with van der Waals surface area (Å²) >= 11 is 0. The van der Waals surface area contributed by atoms with Crippen LogP contribution in [0.5, 0.6) is 0 Å². The van der Waals surface area contributed by atoms with E-state index in [4.69, 9.17) is 0 Å². The Hall–Kier alpha value is -2.47. The Morgan fingerprint density at radius 3 is 2.36 bits per heavy atom. The zero-order valence-corrected chi connectivity index (χ0v) is 18.3. The minimum Gasteiger partial charge on any atom is -0.481 e. The van der Waals surface area contributed by atoms with Gasteiger partial charge in [-0.3, -0.25) is 9.69 Å². The van der Waals surface area contributed by atoms with E-state index in [-0.39, 0.29) is 25.2 Å². The number of carbonyl (C=O) groups is 1. The van der Waals surface area contributed by atoms with Crippen LogP contribution in [0.4, 0.5) is 26.3 Å².